The van der Waals surface area contributed by atoms with Crippen molar-refractivity contribution in [3.8, 4) is 5.75 Å². The van der Waals surface area contributed by atoms with Crippen molar-refractivity contribution in [2.24, 2.45) is 5.73 Å². The summed E-state index contributed by atoms with van der Waals surface area (Å²) in [5, 5.41) is 0. The van der Waals surface area contributed by atoms with Crippen LogP contribution in [0.1, 0.15) is 39.3 Å². The fourth-order valence-corrected chi connectivity index (χ4v) is 2.42. The van der Waals surface area contributed by atoms with Gasteiger partial charge in [-0.25, -0.2) is 0 Å². The number of benzene rings is 1. The van der Waals surface area contributed by atoms with Gasteiger partial charge < -0.3 is 15.4 Å². The van der Waals surface area contributed by atoms with Gasteiger partial charge in [0.1, 0.15) is 11.8 Å². The van der Waals surface area contributed by atoms with Crippen molar-refractivity contribution in [2.45, 2.75) is 51.6 Å². The van der Waals surface area contributed by atoms with Crippen LogP contribution >= 0.6 is 0 Å². The standard InChI is InChI=1S/C15H19F3N2O2/c1-8(2)20-10-7-9(12(19)15(16,17)18)5-6-11(10)22-14(3,4)13(20)21/h5-8,12H,19H2,1-4H3. The fourth-order valence-electron chi connectivity index (χ4n) is 2.42. The predicted octanol–water partition coefficient (Wildman–Crippen LogP) is 3.16. The van der Waals surface area contributed by atoms with Crippen LogP contribution in [-0.2, 0) is 4.79 Å². The van der Waals surface area contributed by atoms with Crippen molar-refractivity contribution >= 4 is 11.6 Å². The van der Waals surface area contributed by atoms with E-state index in [1.807, 2.05) is 0 Å². The van der Waals surface area contributed by atoms with Gasteiger partial charge >= 0.3 is 6.18 Å². The van der Waals surface area contributed by atoms with Gasteiger partial charge in [0.15, 0.2) is 5.60 Å². The third-order valence-electron chi connectivity index (χ3n) is 3.57. The zero-order chi connectivity index (χ0) is 16.9. The van der Waals surface area contributed by atoms with E-state index in [0.29, 0.717) is 11.4 Å². The van der Waals surface area contributed by atoms with Gasteiger partial charge in [-0.3, -0.25) is 4.79 Å². The molecule has 0 radical (unpaired) electrons. The number of ether oxygens (including phenoxy) is 1. The van der Waals surface area contributed by atoms with Crippen LogP contribution in [-0.4, -0.2) is 23.7 Å². The second kappa shape index (κ2) is 5.15. The number of amides is 1. The molecule has 22 heavy (non-hydrogen) atoms. The van der Waals surface area contributed by atoms with Crippen molar-refractivity contribution < 1.29 is 22.7 Å². The number of rotatable bonds is 2. The lowest BCUT2D eigenvalue weighted by Crippen LogP contribution is -2.54. The predicted molar refractivity (Wildman–Crippen MR) is 76.8 cm³/mol. The van der Waals surface area contributed by atoms with Gasteiger partial charge in [-0.15, -0.1) is 0 Å². The molecule has 0 bridgehead atoms. The molecule has 2 rings (SSSR count). The molecule has 4 nitrogen and oxygen atoms in total. The summed E-state index contributed by atoms with van der Waals surface area (Å²) < 4.78 is 44.0. The minimum absolute atomic E-state index is 0.104. The van der Waals surface area contributed by atoms with Gasteiger partial charge in [-0.2, -0.15) is 13.2 Å². The normalized spacial score (nSPS) is 19.0. The molecule has 0 saturated carbocycles. The molecule has 1 atom stereocenters. The molecular weight excluding hydrogens is 297 g/mol. The van der Waals surface area contributed by atoms with Crippen molar-refractivity contribution in [3.63, 3.8) is 0 Å². The summed E-state index contributed by atoms with van der Waals surface area (Å²) >= 11 is 0. The molecule has 122 valence electrons. The lowest BCUT2D eigenvalue weighted by atomic mass is 9.99. The smallest absolute Gasteiger partial charge is 0.407 e. The van der Waals surface area contributed by atoms with E-state index in [0.717, 1.165) is 0 Å². The van der Waals surface area contributed by atoms with Crippen LogP contribution in [0.25, 0.3) is 0 Å². The van der Waals surface area contributed by atoms with Gasteiger partial charge in [0.05, 0.1) is 5.69 Å². The minimum atomic E-state index is -4.55. The third-order valence-corrected chi connectivity index (χ3v) is 3.57. The molecule has 1 heterocycles. The van der Waals surface area contributed by atoms with Gasteiger partial charge in [-0.05, 0) is 45.4 Å². The number of carbonyl (C=O) groups is 1. The van der Waals surface area contributed by atoms with Crippen molar-refractivity contribution in [1.82, 2.24) is 0 Å². The third kappa shape index (κ3) is 2.77. The number of carbonyl (C=O) groups excluding carboxylic acids is 1. The zero-order valence-electron chi connectivity index (χ0n) is 12.9. The molecule has 1 unspecified atom stereocenters. The Kier molecular flexibility index (Phi) is 3.89. The number of hydrogen-bond acceptors (Lipinski definition) is 3. The Balaban J connectivity index is 2.54. The molecule has 1 aliphatic heterocycles. The Morgan fingerprint density at radius 1 is 1.27 bits per heavy atom. The van der Waals surface area contributed by atoms with Crippen LogP contribution in [0.4, 0.5) is 18.9 Å². The highest BCUT2D eigenvalue weighted by Crippen LogP contribution is 2.41. The van der Waals surface area contributed by atoms with Crippen LogP contribution in [0.15, 0.2) is 18.2 Å². The van der Waals surface area contributed by atoms with E-state index in [4.69, 9.17) is 10.5 Å². The van der Waals surface area contributed by atoms with Crippen molar-refractivity contribution in [3.05, 3.63) is 23.8 Å². The first-order valence-corrected chi connectivity index (χ1v) is 6.94. The molecule has 1 aliphatic rings. The van der Waals surface area contributed by atoms with Crippen LogP contribution in [0.3, 0.4) is 0 Å². The molecular formula is C15H19F3N2O2. The molecule has 0 aromatic heterocycles. The topological polar surface area (TPSA) is 55.6 Å². The maximum Gasteiger partial charge on any atom is 0.407 e. The lowest BCUT2D eigenvalue weighted by Gasteiger charge is -2.41. The summed E-state index contributed by atoms with van der Waals surface area (Å²) in [6, 6.07) is 1.67. The molecule has 2 N–H and O–H groups in total. The number of alkyl halides is 3. The number of hydrogen-bond donors (Lipinski definition) is 1. The van der Waals surface area contributed by atoms with Gasteiger partial charge in [0.25, 0.3) is 5.91 Å². The first kappa shape index (κ1) is 16.6. The van der Waals surface area contributed by atoms with Crippen LogP contribution < -0.4 is 15.4 Å². The highest BCUT2D eigenvalue weighted by atomic mass is 19.4. The van der Waals surface area contributed by atoms with Crippen LogP contribution in [0.5, 0.6) is 5.75 Å². The van der Waals surface area contributed by atoms with E-state index < -0.39 is 17.8 Å². The highest BCUT2D eigenvalue weighted by Gasteiger charge is 2.43. The second-order valence-electron chi connectivity index (χ2n) is 6.13. The first-order chi connectivity index (χ1) is 9.95. The van der Waals surface area contributed by atoms with Crippen molar-refractivity contribution in [2.75, 3.05) is 4.90 Å². The highest BCUT2D eigenvalue weighted by molar-refractivity contribution is 6.02. The molecule has 0 spiro atoms. The molecule has 0 fully saturated rings. The zero-order valence-corrected chi connectivity index (χ0v) is 12.9. The monoisotopic (exact) mass is 316 g/mol. The molecule has 1 aromatic carbocycles. The number of halogens is 3. The Morgan fingerprint density at radius 2 is 1.86 bits per heavy atom. The van der Waals surface area contributed by atoms with Crippen LogP contribution in [0.2, 0.25) is 0 Å². The van der Waals surface area contributed by atoms with Gasteiger partial charge in [0, 0.05) is 6.04 Å². The van der Waals surface area contributed by atoms with E-state index in [1.54, 1.807) is 27.7 Å². The molecule has 0 aliphatic carbocycles. The summed E-state index contributed by atoms with van der Waals surface area (Å²) in [4.78, 5) is 13.9. The summed E-state index contributed by atoms with van der Waals surface area (Å²) in [7, 11) is 0. The number of fused-ring (bicyclic) bond motifs is 1. The maximum absolute atomic E-state index is 12.8. The Bertz CT molecular complexity index is 597. The van der Waals surface area contributed by atoms with E-state index >= 15 is 0 Å². The van der Waals surface area contributed by atoms with Gasteiger partial charge in [-0.1, -0.05) is 6.07 Å². The number of nitrogens with zero attached hydrogens (tertiary/aromatic N) is 1. The van der Waals surface area contributed by atoms with E-state index in [-0.39, 0.29) is 17.5 Å². The second-order valence-corrected chi connectivity index (χ2v) is 6.13. The Labute approximate surface area is 127 Å². The number of nitrogens with two attached hydrogens (primary N) is 1. The SMILES string of the molecule is CC(C)N1C(=O)C(C)(C)Oc2ccc(C(N)C(F)(F)F)cc21. The van der Waals surface area contributed by atoms with E-state index in [1.165, 1.54) is 23.1 Å². The maximum atomic E-state index is 12.8. The fraction of sp³-hybridized carbons (Fsp3) is 0.533. The minimum Gasteiger partial charge on any atom is -0.476 e. The number of anilines is 1. The molecule has 1 amide bonds. The lowest BCUT2D eigenvalue weighted by molar-refractivity contribution is -0.149. The summed E-state index contributed by atoms with van der Waals surface area (Å²) in [5.41, 5.74) is 4.39. The summed E-state index contributed by atoms with van der Waals surface area (Å²) in [6.45, 7) is 6.84. The Morgan fingerprint density at radius 3 is 2.36 bits per heavy atom. The van der Waals surface area contributed by atoms with E-state index in [9.17, 15) is 18.0 Å². The first-order valence-electron chi connectivity index (χ1n) is 6.94. The Hall–Kier alpha value is -1.76. The summed E-state index contributed by atoms with van der Waals surface area (Å²) in [5.74, 6) is 0.0733. The molecule has 0 saturated heterocycles. The average Bonchev–Trinajstić information content (AvgIpc) is 2.37. The molecule has 7 heteroatoms. The summed E-state index contributed by atoms with van der Waals surface area (Å²) in [6.07, 6.45) is -4.55. The van der Waals surface area contributed by atoms with E-state index in [2.05, 4.69) is 0 Å². The largest absolute Gasteiger partial charge is 0.476 e. The van der Waals surface area contributed by atoms with Crippen molar-refractivity contribution in [1.29, 1.82) is 0 Å². The van der Waals surface area contributed by atoms with Crippen LogP contribution in [0, 0.1) is 0 Å². The van der Waals surface area contributed by atoms with Gasteiger partial charge in [0.2, 0.25) is 0 Å². The quantitative estimate of drug-likeness (QED) is 0.912. The molecule has 1 aromatic rings. The average molecular weight is 316 g/mol.